The van der Waals surface area contributed by atoms with E-state index in [1.165, 1.54) is 0 Å². The molecule has 0 amide bonds. The molecule has 1 N–H and O–H groups in total. The molecular formula is C12H24N4O. The SMILES string of the molecule is CCn1cc(C)nc1NCCN(C)CCOC. The van der Waals surface area contributed by atoms with E-state index in [0.717, 1.165) is 44.4 Å². The number of methoxy groups -OCH3 is 1. The van der Waals surface area contributed by atoms with Crippen molar-refractivity contribution in [1.82, 2.24) is 14.5 Å². The van der Waals surface area contributed by atoms with Crippen LogP contribution < -0.4 is 5.32 Å². The maximum Gasteiger partial charge on any atom is 0.203 e. The van der Waals surface area contributed by atoms with Crippen LogP contribution in [0.25, 0.3) is 0 Å². The van der Waals surface area contributed by atoms with Crippen molar-refractivity contribution in [3.63, 3.8) is 0 Å². The Morgan fingerprint density at radius 1 is 1.47 bits per heavy atom. The maximum atomic E-state index is 5.04. The number of aromatic nitrogens is 2. The van der Waals surface area contributed by atoms with Crippen molar-refractivity contribution in [1.29, 1.82) is 0 Å². The second kappa shape index (κ2) is 7.29. The minimum Gasteiger partial charge on any atom is -0.383 e. The first-order chi connectivity index (χ1) is 8.17. The summed E-state index contributed by atoms with van der Waals surface area (Å²) in [7, 11) is 3.82. The van der Waals surface area contributed by atoms with E-state index in [9.17, 15) is 0 Å². The minimum absolute atomic E-state index is 0.777. The standard InChI is InChI=1S/C12H24N4O/c1-5-16-10-11(2)14-12(16)13-6-7-15(3)8-9-17-4/h10H,5-9H2,1-4H3,(H,13,14). The van der Waals surface area contributed by atoms with Crippen LogP contribution in [0.3, 0.4) is 0 Å². The number of hydrogen-bond donors (Lipinski definition) is 1. The number of nitrogens with zero attached hydrogens (tertiary/aromatic N) is 3. The van der Waals surface area contributed by atoms with Gasteiger partial charge in [0.2, 0.25) is 5.95 Å². The summed E-state index contributed by atoms with van der Waals surface area (Å²) < 4.78 is 7.17. The second-order valence-electron chi connectivity index (χ2n) is 4.21. The molecule has 1 rings (SSSR count). The van der Waals surface area contributed by atoms with Crippen LogP contribution in [0, 0.1) is 6.92 Å². The zero-order chi connectivity index (χ0) is 12.7. The van der Waals surface area contributed by atoms with E-state index in [1.807, 2.05) is 6.92 Å². The van der Waals surface area contributed by atoms with Crippen molar-refractivity contribution in [3.05, 3.63) is 11.9 Å². The molecular weight excluding hydrogens is 216 g/mol. The lowest BCUT2D eigenvalue weighted by molar-refractivity contribution is 0.163. The molecule has 0 aliphatic carbocycles. The van der Waals surface area contributed by atoms with Crippen molar-refractivity contribution in [2.24, 2.45) is 0 Å². The number of hydrogen-bond acceptors (Lipinski definition) is 4. The monoisotopic (exact) mass is 240 g/mol. The van der Waals surface area contributed by atoms with E-state index >= 15 is 0 Å². The fraction of sp³-hybridized carbons (Fsp3) is 0.750. The summed E-state index contributed by atoms with van der Waals surface area (Å²) in [5, 5.41) is 3.36. The van der Waals surface area contributed by atoms with Gasteiger partial charge >= 0.3 is 0 Å². The van der Waals surface area contributed by atoms with Gasteiger partial charge in [0, 0.05) is 39.5 Å². The van der Waals surface area contributed by atoms with Crippen molar-refractivity contribution in [2.45, 2.75) is 20.4 Å². The molecule has 0 aliphatic heterocycles. The van der Waals surface area contributed by atoms with Gasteiger partial charge in [-0.2, -0.15) is 0 Å². The van der Waals surface area contributed by atoms with Gasteiger partial charge in [0.1, 0.15) is 0 Å². The van der Waals surface area contributed by atoms with Crippen LogP contribution in [0.2, 0.25) is 0 Å². The molecule has 0 aliphatic rings. The predicted molar refractivity (Wildman–Crippen MR) is 70.5 cm³/mol. The largest absolute Gasteiger partial charge is 0.383 e. The quantitative estimate of drug-likeness (QED) is 0.741. The molecule has 5 nitrogen and oxygen atoms in total. The highest BCUT2D eigenvalue weighted by molar-refractivity contribution is 5.28. The third kappa shape index (κ3) is 4.75. The summed E-state index contributed by atoms with van der Waals surface area (Å²) in [6, 6.07) is 0. The Labute approximate surface area is 104 Å². The molecule has 0 radical (unpaired) electrons. The van der Waals surface area contributed by atoms with Crippen LogP contribution in [-0.2, 0) is 11.3 Å². The summed E-state index contributed by atoms with van der Waals surface area (Å²) in [6.45, 7) is 8.70. The Bertz CT molecular complexity index is 324. The van der Waals surface area contributed by atoms with Gasteiger partial charge in [-0.1, -0.05) is 0 Å². The molecule has 0 fully saturated rings. The van der Waals surface area contributed by atoms with Crippen LogP contribution in [-0.4, -0.2) is 54.8 Å². The number of aryl methyl sites for hydroxylation is 2. The topological polar surface area (TPSA) is 42.3 Å². The Kier molecular flexibility index (Phi) is 6.00. The molecule has 1 heterocycles. The molecule has 98 valence electrons. The van der Waals surface area contributed by atoms with Crippen LogP contribution in [0.5, 0.6) is 0 Å². The van der Waals surface area contributed by atoms with Crippen molar-refractivity contribution >= 4 is 5.95 Å². The lowest BCUT2D eigenvalue weighted by Gasteiger charge is -2.16. The molecule has 17 heavy (non-hydrogen) atoms. The summed E-state index contributed by atoms with van der Waals surface area (Å²) >= 11 is 0. The van der Waals surface area contributed by atoms with Crippen molar-refractivity contribution in [3.8, 4) is 0 Å². The average molecular weight is 240 g/mol. The van der Waals surface area contributed by atoms with Crippen molar-refractivity contribution in [2.75, 3.05) is 45.7 Å². The van der Waals surface area contributed by atoms with E-state index in [1.54, 1.807) is 7.11 Å². The first-order valence-corrected chi connectivity index (χ1v) is 6.12. The lowest BCUT2D eigenvalue weighted by atomic mass is 10.5. The summed E-state index contributed by atoms with van der Waals surface area (Å²) in [4.78, 5) is 6.69. The fourth-order valence-corrected chi connectivity index (χ4v) is 1.65. The third-order valence-electron chi connectivity index (χ3n) is 2.69. The molecule has 0 bridgehead atoms. The second-order valence-corrected chi connectivity index (χ2v) is 4.21. The van der Waals surface area contributed by atoms with Crippen LogP contribution >= 0.6 is 0 Å². The van der Waals surface area contributed by atoms with Gasteiger partial charge in [-0.15, -0.1) is 0 Å². The molecule has 0 saturated heterocycles. The smallest absolute Gasteiger partial charge is 0.203 e. The number of ether oxygens (including phenoxy) is 1. The van der Waals surface area contributed by atoms with E-state index in [0.29, 0.717) is 0 Å². The molecule has 1 aromatic heterocycles. The fourth-order valence-electron chi connectivity index (χ4n) is 1.65. The zero-order valence-corrected chi connectivity index (χ0v) is 11.4. The Morgan fingerprint density at radius 2 is 2.24 bits per heavy atom. The number of rotatable bonds is 8. The summed E-state index contributed by atoms with van der Waals surface area (Å²) in [5.74, 6) is 0.963. The molecule has 0 aromatic carbocycles. The van der Waals surface area contributed by atoms with E-state index < -0.39 is 0 Å². The lowest BCUT2D eigenvalue weighted by Crippen LogP contribution is -2.28. The minimum atomic E-state index is 0.777. The summed E-state index contributed by atoms with van der Waals surface area (Å²) in [6.07, 6.45) is 2.07. The van der Waals surface area contributed by atoms with Gasteiger partial charge in [-0.05, 0) is 20.9 Å². The normalized spacial score (nSPS) is 11.1. The zero-order valence-electron chi connectivity index (χ0n) is 11.4. The van der Waals surface area contributed by atoms with Crippen LogP contribution in [0.15, 0.2) is 6.20 Å². The third-order valence-corrected chi connectivity index (χ3v) is 2.69. The Hall–Kier alpha value is -1.07. The number of likely N-dealkylation sites (N-methyl/N-ethyl adjacent to an activating group) is 1. The maximum absolute atomic E-state index is 5.04. The van der Waals surface area contributed by atoms with Gasteiger partial charge in [0.15, 0.2) is 0 Å². The van der Waals surface area contributed by atoms with Crippen LogP contribution in [0.1, 0.15) is 12.6 Å². The molecule has 1 aromatic rings. The Balaban J connectivity index is 2.30. The van der Waals surface area contributed by atoms with E-state index in [2.05, 4.69) is 39.9 Å². The molecule has 5 heteroatoms. The van der Waals surface area contributed by atoms with Gasteiger partial charge in [0.05, 0.1) is 12.3 Å². The average Bonchev–Trinajstić information content (AvgIpc) is 2.67. The van der Waals surface area contributed by atoms with Gasteiger partial charge in [0.25, 0.3) is 0 Å². The molecule has 0 spiro atoms. The van der Waals surface area contributed by atoms with Gasteiger partial charge < -0.3 is 19.5 Å². The predicted octanol–water partition coefficient (Wildman–Crippen LogP) is 1.20. The van der Waals surface area contributed by atoms with Gasteiger partial charge in [-0.3, -0.25) is 0 Å². The number of nitrogens with one attached hydrogen (secondary N) is 1. The highest BCUT2D eigenvalue weighted by atomic mass is 16.5. The first kappa shape index (κ1) is 14.0. The molecule has 0 atom stereocenters. The van der Waals surface area contributed by atoms with Gasteiger partial charge in [-0.25, -0.2) is 4.98 Å². The molecule has 0 saturated carbocycles. The summed E-state index contributed by atoms with van der Waals surface area (Å²) in [5.41, 5.74) is 1.06. The van der Waals surface area contributed by atoms with Crippen molar-refractivity contribution < 1.29 is 4.74 Å². The number of anilines is 1. The molecule has 0 unspecified atom stereocenters. The highest BCUT2D eigenvalue weighted by Crippen LogP contribution is 2.07. The van der Waals surface area contributed by atoms with E-state index in [-0.39, 0.29) is 0 Å². The van der Waals surface area contributed by atoms with E-state index in [4.69, 9.17) is 4.74 Å². The number of imidazole rings is 1. The Morgan fingerprint density at radius 3 is 2.88 bits per heavy atom. The highest BCUT2D eigenvalue weighted by Gasteiger charge is 2.03. The first-order valence-electron chi connectivity index (χ1n) is 6.12. The van der Waals surface area contributed by atoms with Crippen LogP contribution in [0.4, 0.5) is 5.95 Å².